The number of carboxylic acids is 1. The number of rotatable bonds is 3. The van der Waals surface area contributed by atoms with Crippen molar-refractivity contribution in [3.05, 3.63) is 35.4 Å². The summed E-state index contributed by atoms with van der Waals surface area (Å²) in [5, 5.41) is 8.66. The van der Waals surface area contributed by atoms with E-state index in [9.17, 15) is 26.7 Å². The van der Waals surface area contributed by atoms with Crippen molar-refractivity contribution in [1.29, 1.82) is 0 Å². The highest BCUT2D eigenvalue weighted by Gasteiger charge is 2.46. The first-order valence-corrected chi connectivity index (χ1v) is 4.58. The summed E-state index contributed by atoms with van der Waals surface area (Å²) in [5.41, 5.74) is 0.335. The fraction of sp³-hybridized carbons (Fsp3) is 0.300. The average molecular weight is 269 g/mol. The van der Waals surface area contributed by atoms with Crippen molar-refractivity contribution in [2.45, 2.75) is 18.1 Å². The highest BCUT2D eigenvalue weighted by molar-refractivity contribution is 5.81. The first kappa shape index (κ1) is 14.4. The second-order valence-electron chi connectivity index (χ2n) is 3.55. The summed E-state index contributed by atoms with van der Waals surface area (Å²) < 4.78 is 62.0. The Kier molecular flexibility index (Phi) is 3.61. The van der Waals surface area contributed by atoms with Gasteiger partial charge in [0.15, 0.2) is 0 Å². The topological polar surface area (TPSA) is 63.3 Å². The molecule has 0 fully saturated rings. The van der Waals surface area contributed by atoms with Crippen LogP contribution in [0, 0.1) is 0 Å². The van der Waals surface area contributed by atoms with Crippen molar-refractivity contribution in [3.63, 3.8) is 0 Å². The number of hydrogen-bond donors (Lipinski definition) is 2. The van der Waals surface area contributed by atoms with E-state index < -0.39 is 35.2 Å². The number of carbonyl (C=O) groups is 1. The molecule has 1 atom stereocenters. The maximum Gasteiger partial charge on any atom is 0.416 e. The minimum absolute atomic E-state index is 0.502. The molecule has 100 valence electrons. The van der Waals surface area contributed by atoms with Gasteiger partial charge in [-0.2, -0.15) is 13.2 Å². The number of nitrogens with two attached hydrogens (primary N) is 1. The van der Waals surface area contributed by atoms with E-state index >= 15 is 0 Å². The molecular weight excluding hydrogens is 261 g/mol. The van der Waals surface area contributed by atoms with Gasteiger partial charge in [-0.3, -0.25) is 0 Å². The molecule has 0 radical (unpaired) electrons. The van der Waals surface area contributed by atoms with Gasteiger partial charge in [0.1, 0.15) is 0 Å². The summed E-state index contributed by atoms with van der Waals surface area (Å²) in [6, 6.07) is 2.26. The molecule has 3 N–H and O–H groups in total. The molecule has 0 aliphatic carbocycles. The number of alkyl halides is 5. The Morgan fingerprint density at radius 1 is 1.11 bits per heavy atom. The molecule has 1 aromatic rings. The van der Waals surface area contributed by atoms with E-state index in [1.165, 1.54) is 0 Å². The fourth-order valence-electron chi connectivity index (χ4n) is 1.28. The maximum atomic E-state index is 12.6. The highest BCUT2D eigenvalue weighted by Crippen LogP contribution is 2.32. The Bertz CT molecular complexity index is 443. The van der Waals surface area contributed by atoms with Crippen molar-refractivity contribution in [2.75, 3.05) is 0 Å². The quantitative estimate of drug-likeness (QED) is 0.827. The van der Waals surface area contributed by atoms with Crippen LogP contribution in [0.15, 0.2) is 24.3 Å². The lowest BCUT2D eigenvalue weighted by Crippen LogP contribution is -2.51. The van der Waals surface area contributed by atoms with Crippen molar-refractivity contribution >= 4 is 5.97 Å². The minimum atomic E-state index is -4.64. The van der Waals surface area contributed by atoms with Crippen LogP contribution >= 0.6 is 0 Å². The predicted molar refractivity (Wildman–Crippen MR) is 50.9 cm³/mol. The Hall–Kier alpha value is -1.70. The van der Waals surface area contributed by atoms with E-state index in [0.717, 1.165) is 0 Å². The van der Waals surface area contributed by atoms with Gasteiger partial charge in [0, 0.05) is 0 Å². The van der Waals surface area contributed by atoms with E-state index in [2.05, 4.69) is 0 Å². The molecule has 0 aliphatic heterocycles. The smallest absolute Gasteiger partial charge is 0.416 e. The Labute approximate surface area is 98.0 Å². The van der Waals surface area contributed by atoms with E-state index in [1.807, 2.05) is 0 Å². The summed E-state index contributed by atoms with van der Waals surface area (Å²) in [4.78, 5) is 10.7. The van der Waals surface area contributed by atoms with Crippen LogP contribution in [-0.2, 0) is 16.5 Å². The average Bonchev–Trinajstić information content (AvgIpc) is 2.26. The van der Waals surface area contributed by atoms with Crippen LogP contribution in [0.5, 0.6) is 0 Å². The second-order valence-corrected chi connectivity index (χ2v) is 3.55. The van der Waals surface area contributed by atoms with Crippen molar-refractivity contribution in [1.82, 2.24) is 0 Å². The molecule has 0 aromatic heterocycles. The van der Waals surface area contributed by atoms with Gasteiger partial charge in [0.05, 0.1) is 5.56 Å². The lowest BCUT2D eigenvalue weighted by atomic mass is 9.91. The van der Waals surface area contributed by atoms with Crippen LogP contribution in [0.4, 0.5) is 22.0 Å². The fourth-order valence-corrected chi connectivity index (χ4v) is 1.28. The zero-order valence-corrected chi connectivity index (χ0v) is 8.71. The molecule has 3 nitrogen and oxygen atoms in total. The third-order valence-electron chi connectivity index (χ3n) is 2.39. The Morgan fingerprint density at radius 2 is 1.50 bits per heavy atom. The summed E-state index contributed by atoms with van der Waals surface area (Å²) in [6.45, 7) is 0. The lowest BCUT2D eigenvalue weighted by molar-refractivity contribution is -0.150. The maximum absolute atomic E-state index is 12.6. The standard InChI is InChI=1S/C10H8F5NO2/c11-7(12)9(16,8(17)18)5-1-3-6(4-2-5)10(13,14)15/h1-4,7H,16H2,(H,17,18). The highest BCUT2D eigenvalue weighted by atomic mass is 19.4. The van der Waals surface area contributed by atoms with Gasteiger partial charge in [-0.25, -0.2) is 13.6 Å². The van der Waals surface area contributed by atoms with Crippen LogP contribution in [-0.4, -0.2) is 17.5 Å². The molecule has 0 heterocycles. The van der Waals surface area contributed by atoms with Crippen molar-refractivity contribution in [2.24, 2.45) is 5.73 Å². The molecular formula is C10H8F5NO2. The zero-order chi connectivity index (χ0) is 14.1. The van der Waals surface area contributed by atoms with Crippen LogP contribution < -0.4 is 5.73 Å². The predicted octanol–water partition coefficient (Wildman–Crippen LogP) is 2.21. The molecule has 8 heteroatoms. The van der Waals surface area contributed by atoms with Gasteiger partial charge in [0.2, 0.25) is 5.54 Å². The monoisotopic (exact) mass is 269 g/mol. The van der Waals surface area contributed by atoms with Gasteiger partial charge in [-0.15, -0.1) is 0 Å². The first-order valence-electron chi connectivity index (χ1n) is 4.58. The van der Waals surface area contributed by atoms with E-state index in [4.69, 9.17) is 10.8 Å². The lowest BCUT2D eigenvalue weighted by Gasteiger charge is -2.24. The summed E-state index contributed by atoms with van der Waals surface area (Å²) in [5.74, 6) is -2.02. The third kappa shape index (κ3) is 2.42. The number of benzene rings is 1. The van der Waals surface area contributed by atoms with E-state index in [1.54, 1.807) is 0 Å². The molecule has 0 saturated heterocycles. The summed E-state index contributed by atoms with van der Waals surface area (Å²) in [6.07, 6.45) is -8.09. The first-order chi connectivity index (χ1) is 8.10. The normalized spacial score (nSPS) is 15.5. The molecule has 0 bridgehead atoms. The number of hydrogen-bond acceptors (Lipinski definition) is 2. The molecule has 0 spiro atoms. The second kappa shape index (κ2) is 4.52. The van der Waals surface area contributed by atoms with Crippen LogP contribution in [0.25, 0.3) is 0 Å². The summed E-state index contributed by atoms with van der Waals surface area (Å²) >= 11 is 0. The number of aliphatic carboxylic acids is 1. The van der Waals surface area contributed by atoms with Gasteiger partial charge in [-0.05, 0) is 17.7 Å². The van der Waals surface area contributed by atoms with Gasteiger partial charge in [-0.1, -0.05) is 12.1 Å². The van der Waals surface area contributed by atoms with Gasteiger partial charge in [0.25, 0.3) is 6.43 Å². The van der Waals surface area contributed by atoms with Crippen molar-refractivity contribution < 1.29 is 31.9 Å². The molecule has 0 amide bonds. The molecule has 18 heavy (non-hydrogen) atoms. The van der Waals surface area contributed by atoms with Gasteiger partial charge < -0.3 is 10.8 Å². The summed E-state index contributed by atoms with van der Waals surface area (Å²) in [7, 11) is 0. The zero-order valence-electron chi connectivity index (χ0n) is 8.71. The molecule has 1 aromatic carbocycles. The number of carboxylic acid groups (broad SMARTS) is 1. The molecule has 0 saturated carbocycles. The van der Waals surface area contributed by atoms with Crippen molar-refractivity contribution in [3.8, 4) is 0 Å². The Balaban J connectivity index is 3.22. The SMILES string of the molecule is NC(C(=O)O)(c1ccc(C(F)(F)F)cc1)C(F)F. The van der Waals surface area contributed by atoms with Crippen LogP contribution in [0.2, 0.25) is 0 Å². The molecule has 1 unspecified atom stereocenters. The molecule has 1 rings (SSSR count). The number of halogens is 5. The molecule has 0 aliphatic rings. The largest absolute Gasteiger partial charge is 0.479 e. The Morgan fingerprint density at radius 3 is 1.78 bits per heavy atom. The van der Waals surface area contributed by atoms with Crippen LogP contribution in [0.1, 0.15) is 11.1 Å². The van der Waals surface area contributed by atoms with Gasteiger partial charge >= 0.3 is 12.1 Å². The van der Waals surface area contributed by atoms with E-state index in [-0.39, 0.29) is 0 Å². The van der Waals surface area contributed by atoms with Crippen LogP contribution in [0.3, 0.4) is 0 Å². The van der Waals surface area contributed by atoms with E-state index in [0.29, 0.717) is 24.3 Å². The third-order valence-corrected chi connectivity index (χ3v) is 2.39. The minimum Gasteiger partial charge on any atom is -0.479 e.